The first-order valence-corrected chi connectivity index (χ1v) is 10.1. The largest absolute Gasteiger partial charge is 0.459 e. The molecule has 1 amide bonds. The van der Waals surface area contributed by atoms with E-state index in [1.165, 1.54) is 0 Å². The van der Waals surface area contributed by atoms with Gasteiger partial charge >= 0.3 is 5.97 Å². The van der Waals surface area contributed by atoms with Crippen LogP contribution in [0.5, 0.6) is 0 Å². The number of fused-ring (bicyclic) bond motifs is 1. The van der Waals surface area contributed by atoms with Crippen molar-refractivity contribution >= 4 is 11.9 Å². The number of nitrogens with two attached hydrogens (primary N) is 1. The first-order valence-electron chi connectivity index (χ1n) is 10.1. The summed E-state index contributed by atoms with van der Waals surface area (Å²) in [6.07, 6.45) is 1.52. The summed E-state index contributed by atoms with van der Waals surface area (Å²) in [7, 11) is 0. The van der Waals surface area contributed by atoms with Crippen molar-refractivity contribution < 1.29 is 19.1 Å². The summed E-state index contributed by atoms with van der Waals surface area (Å²) in [5, 5.41) is 0. The zero-order valence-electron chi connectivity index (χ0n) is 16.3. The molecule has 2 aliphatic rings. The Balaban J connectivity index is 1.52. The fourth-order valence-corrected chi connectivity index (χ4v) is 4.12. The molecule has 1 fully saturated rings. The van der Waals surface area contributed by atoms with E-state index in [1.807, 2.05) is 54.6 Å². The second kappa shape index (κ2) is 8.76. The van der Waals surface area contributed by atoms with Gasteiger partial charge in [0.15, 0.2) is 6.04 Å². The van der Waals surface area contributed by atoms with Gasteiger partial charge in [-0.15, -0.1) is 0 Å². The van der Waals surface area contributed by atoms with Gasteiger partial charge in [-0.05, 0) is 35.4 Å². The van der Waals surface area contributed by atoms with E-state index in [4.69, 9.17) is 15.2 Å². The van der Waals surface area contributed by atoms with Crippen LogP contribution in [-0.2, 0) is 32.2 Å². The molecule has 2 N–H and O–H groups in total. The quantitative estimate of drug-likeness (QED) is 0.789. The minimum Gasteiger partial charge on any atom is -0.459 e. The molecule has 0 spiro atoms. The van der Waals surface area contributed by atoms with E-state index in [0.29, 0.717) is 19.8 Å². The Kier molecular flexibility index (Phi) is 5.92. The Hall–Kier alpha value is -2.70. The molecule has 2 aromatic carbocycles. The van der Waals surface area contributed by atoms with Crippen molar-refractivity contribution in [3.8, 4) is 0 Å². The van der Waals surface area contributed by atoms with E-state index < -0.39 is 18.1 Å². The van der Waals surface area contributed by atoms with Gasteiger partial charge in [-0.25, -0.2) is 4.79 Å². The van der Waals surface area contributed by atoms with Crippen molar-refractivity contribution in [1.82, 2.24) is 4.90 Å². The van der Waals surface area contributed by atoms with Crippen LogP contribution in [0.3, 0.4) is 0 Å². The topological polar surface area (TPSA) is 81.9 Å². The van der Waals surface area contributed by atoms with Crippen LogP contribution < -0.4 is 5.73 Å². The molecule has 6 nitrogen and oxygen atoms in total. The minimum atomic E-state index is -0.756. The normalized spacial score (nSPS) is 20.2. The smallest absolute Gasteiger partial charge is 0.333 e. The van der Waals surface area contributed by atoms with Crippen LogP contribution in [0, 0.1) is 5.92 Å². The molecule has 2 aromatic rings. The molecule has 2 atom stereocenters. The van der Waals surface area contributed by atoms with Crippen LogP contribution in [0.25, 0.3) is 0 Å². The highest BCUT2D eigenvalue weighted by Crippen LogP contribution is 2.36. The summed E-state index contributed by atoms with van der Waals surface area (Å²) < 4.78 is 11.0. The maximum atomic E-state index is 13.3. The van der Waals surface area contributed by atoms with Crippen LogP contribution in [-0.4, -0.2) is 36.0 Å². The fourth-order valence-electron chi connectivity index (χ4n) is 4.12. The number of hydrogen-bond donors (Lipinski definition) is 1. The van der Waals surface area contributed by atoms with Crippen LogP contribution in [0.15, 0.2) is 54.6 Å². The van der Waals surface area contributed by atoms with E-state index in [1.54, 1.807) is 4.90 Å². The lowest BCUT2D eigenvalue weighted by Crippen LogP contribution is -2.49. The van der Waals surface area contributed by atoms with Crippen LogP contribution >= 0.6 is 0 Å². The molecule has 152 valence electrons. The summed E-state index contributed by atoms with van der Waals surface area (Å²) >= 11 is 0. The number of carbonyl (C=O) groups is 2. The Morgan fingerprint density at radius 1 is 1.07 bits per heavy atom. The van der Waals surface area contributed by atoms with E-state index in [0.717, 1.165) is 29.5 Å². The van der Waals surface area contributed by atoms with E-state index in [9.17, 15) is 9.59 Å². The van der Waals surface area contributed by atoms with E-state index in [-0.39, 0.29) is 18.4 Å². The van der Waals surface area contributed by atoms with Crippen molar-refractivity contribution in [2.75, 3.05) is 13.2 Å². The number of hydrogen-bond acceptors (Lipinski definition) is 5. The Morgan fingerprint density at radius 3 is 2.52 bits per heavy atom. The van der Waals surface area contributed by atoms with Gasteiger partial charge in [-0.1, -0.05) is 54.6 Å². The maximum Gasteiger partial charge on any atom is 0.333 e. The fraction of sp³-hybridized carbons (Fsp3) is 0.391. The third-order valence-corrected chi connectivity index (χ3v) is 5.79. The van der Waals surface area contributed by atoms with E-state index in [2.05, 4.69) is 0 Å². The average Bonchev–Trinajstić information content (AvgIpc) is 3.17. The molecule has 0 radical (unpaired) electrons. The monoisotopic (exact) mass is 394 g/mol. The molecule has 2 heterocycles. The third kappa shape index (κ3) is 4.18. The predicted molar refractivity (Wildman–Crippen MR) is 107 cm³/mol. The molecule has 6 heteroatoms. The van der Waals surface area contributed by atoms with Gasteiger partial charge in [0.2, 0.25) is 5.91 Å². The van der Waals surface area contributed by atoms with Crippen LogP contribution in [0.1, 0.15) is 35.6 Å². The Bertz CT molecular complexity index is 864. The number of nitrogens with zero attached hydrogens (tertiary/aromatic N) is 1. The van der Waals surface area contributed by atoms with Crippen LogP contribution in [0.2, 0.25) is 0 Å². The molecule has 2 unspecified atom stereocenters. The molecule has 2 aliphatic heterocycles. The standard InChI is InChI=1S/C23H26N2O4/c24-20(17-10-12-28-13-11-17)22(26)25-14-18-8-4-5-9-19(18)21(25)23(27)29-15-16-6-2-1-3-7-16/h1-9,17,20-21H,10-15,24H2. The highest BCUT2D eigenvalue weighted by Gasteiger charge is 2.42. The first-order chi connectivity index (χ1) is 14.1. The van der Waals surface area contributed by atoms with Crippen molar-refractivity contribution in [2.45, 2.75) is 38.1 Å². The highest BCUT2D eigenvalue weighted by molar-refractivity contribution is 5.90. The summed E-state index contributed by atoms with van der Waals surface area (Å²) in [4.78, 5) is 27.9. The van der Waals surface area contributed by atoms with Gasteiger partial charge in [0.25, 0.3) is 0 Å². The van der Waals surface area contributed by atoms with Crippen molar-refractivity contribution in [3.05, 3.63) is 71.3 Å². The minimum absolute atomic E-state index is 0.0703. The zero-order valence-corrected chi connectivity index (χ0v) is 16.3. The van der Waals surface area contributed by atoms with Gasteiger partial charge in [-0.2, -0.15) is 0 Å². The SMILES string of the molecule is NC(C(=O)N1Cc2ccccc2C1C(=O)OCc1ccccc1)C1CCOCC1. The van der Waals surface area contributed by atoms with E-state index >= 15 is 0 Å². The van der Waals surface area contributed by atoms with Crippen LogP contribution in [0.4, 0.5) is 0 Å². The van der Waals surface area contributed by atoms with Gasteiger partial charge in [0.05, 0.1) is 6.04 Å². The number of benzene rings is 2. The second-order valence-electron chi connectivity index (χ2n) is 7.64. The molecule has 29 heavy (non-hydrogen) atoms. The number of rotatable bonds is 5. The van der Waals surface area contributed by atoms with Gasteiger partial charge in [0, 0.05) is 19.8 Å². The molecule has 0 bridgehead atoms. The zero-order chi connectivity index (χ0) is 20.2. The Morgan fingerprint density at radius 2 is 1.76 bits per heavy atom. The summed E-state index contributed by atoms with van der Waals surface area (Å²) in [5.41, 5.74) is 9.02. The highest BCUT2D eigenvalue weighted by atomic mass is 16.5. The lowest BCUT2D eigenvalue weighted by Gasteiger charge is -2.32. The molecule has 0 aromatic heterocycles. The number of esters is 1. The average molecular weight is 394 g/mol. The second-order valence-corrected chi connectivity index (χ2v) is 7.64. The maximum absolute atomic E-state index is 13.3. The molecule has 1 saturated heterocycles. The van der Waals surface area contributed by atoms with Crippen molar-refractivity contribution in [2.24, 2.45) is 11.7 Å². The summed E-state index contributed by atoms with van der Waals surface area (Å²) in [5.74, 6) is -0.554. The predicted octanol–water partition coefficient (Wildman–Crippen LogP) is 2.57. The number of amides is 1. The number of ether oxygens (including phenoxy) is 2. The summed E-state index contributed by atoms with van der Waals surface area (Å²) in [6, 6.07) is 15.7. The third-order valence-electron chi connectivity index (χ3n) is 5.79. The van der Waals surface area contributed by atoms with Crippen molar-refractivity contribution in [3.63, 3.8) is 0 Å². The first kappa shape index (κ1) is 19.6. The van der Waals surface area contributed by atoms with Gasteiger partial charge in [0.1, 0.15) is 6.61 Å². The van der Waals surface area contributed by atoms with Crippen molar-refractivity contribution in [1.29, 1.82) is 0 Å². The summed E-state index contributed by atoms with van der Waals surface area (Å²) in [6.45, 7) is 1.78. The lowest BCUT2D eigenvalue weighted by atomic mass is 9.91. The molecular formula is C23H26N2O4. The Labute approximate surface area is 170 Å². The van der Waals surface area contributed by atoms with Gasteiger partial charge < -0.3 is 20.1 Å². The van der Waals surface area contributed by atoms with Gasteiger partial charge in [-0.3, -0.25) is 4.79 Å². The molecule has 0 saturated carbocycles. The molecule has 4 rings (SSSR count). The molecular weight excluding hydrogens is 368 g/mol. The number of carbonyl (C=O) groups excluding carboxylic acids is 2. The molecule has 0 aliphatic carbocycles. The lowest BCUT2D eigenvalue weighted by molar-refractivity contribution is -0.157.